The molecule has 6 rings (SSSR count). The topological polar surface area (TPSA) is 67.0 Å². The van der Waals surface area contributed by atoms with Gasteiger partial charge in [-0.2, -0.15) is 5.10 Å². The van der Waals surface area contributed by atoms with Crippen molar-refractivity contribution in [3.8, 4) is 23.7 Å². The van der Waals surface area contributed by atoms with Gasteiger partial charge in [-0.15, -0.1) is 0 Å². The molecule has 2 aliphatic rings. The second-order valence-corrected chi connectivity index (χ2v) is 10.6. The minimum atomic E-state index is 0.809. The van der Waals surface area contributed by atoms with E-state index >= 15 is 0 Å². The first-order valence-corrected chi connectivity index (χ1v) is 13.9. The van der Waals surface area contributed by atoms with E-state index in [1.165, 1.54) is 17.8 Å². The fourth-order valence-electron chi connectivity index (χ4n) is 5.80. The summed E-state index contributed by atoms with van der Waals surface area (Å²) in [5.74, 6) is 0.831. The van der Waals surface area contributed by atoms with Crippen LogP contribution >= 0.6 is 0 Å². The zero-order valence-electron chi connectivity index (χ0n) is 23.0. The van der Waals surface area contributed by atoms with Crippen LogP contribution in [0.4, 0.5) is 11.6 Å². The third-order valence-electron chi connectivity index (χ3n) is 8.01. The Bertz CT molecular complexity index is 1560. The number of anilines is 2. The van der Waals surface area contributed by atoms with Crippen molar-refractivity contribution < 1.29 is 0 Å². The second-order valence-electron chi connectivity index (χ2n) is 10.6. The van der Waals surface area contributed by atoms with Crippen LogP contribution < -0.4 is 10.2 Å². The molecule has 0 spiro atoms. The Labute approximate surface area is 230 Å². The summed E-state index contributed by atoms with van der Waals surface area (Å²) in [6.07, 6.45) is 13.1. The van der Waals surface area contributed by atoms with Crippen molar-refractivity contribution in [1.82, 2.24) is 29.2 Å². The standard InChI is InChI=1S/C31H36N8/c1-5-37-14-16-38(17-15-37)25-11-12-27-30(20-25)39-13-9-7-6-8-10-29-26(21-32-36(29)4)28-19-24(18-22(2)33-28)23(3)34-31(39)35-27/h1,11-12,18-21H,3,6-10,13-17H2,2,4H3,(H,34,35). The molecule has 4 aromatic rings. The molecule has 200 valence electrons. The number of imidazole rings is 1. The molecule has 1 N–H and O–H groups in total. The van der Waals surface area contributed by atoms with Gasteiger partial charge >= 0.3 is 0 Å². The molecule has 0 atom stereocenters. The van der Waals surface area contributed by atoms with Crippen LogP contribution in [-0.4, -0.2) is 55.4 Å². The maximum Gasteiger partial charge on any atom is 0.208 e. The van der Waals surface area contributed by atoms with Crippen molar-refractivity contribution in [2.45, 2.75) is 45.6 Å². The van der Waals surface area contributed by atoms with Crippen LogP contribution in [0.25, 0.3) is 28.0 Å². The van der Waals surface area contributed by atoms with Crippen molar-refractivity contribution in [3.05, 3.63) is 60.1 Å². The highest BCUT2D eigenvalue weighted by Crippen LogP contribution is 2.31. The van der Waals surface area contributed by atoms with E-state index < -0.39 is 0 Å². The number of nitrogens with zero attached hydrogens (tertiary/aromatic N) is 7. The lowest BCUT2D eigenvalue weighted by atomic mass is 10.0. The van der Waals surface area contributed by atoms with E-state index in [1.807, 2.05) is 29.7 Å². The van der Waals surface area contributed by atoms with Crippen molar-refractivity contribution in [1.29, 1.82) is 0 Å². The minimum Gasteiger partial charge on any atom is -0.368 e. The van der Waals surface area contributed by atoms with Gasteiger partial charge in [-0.25, -0.2) is 4.98 Å². The molecule has 1 aromatic carbocycles. The zero-order valence-corrected chi connectivity index (χ0v) is 23.0. The van der Waals surface area contributed by atoms with Gasteiger partial charge in [0.15, 0.2) is 0 Å². The van der Waals surface area contributed by atoms with Gasteiger partial charge in [0.1, 0.15) is 0 Å². The number of terminal acetylenes is 1. The summed E-state index contributed by atoms with van der Waals surface area (Å²) in [5.41, 5.74) is 9.41. The predicted molar refractivity (Wildman–Crippen MR) is 158 cm³/mol. The summed E-state index contributed by atoms with van der Waals surface area (Å²) in [4.78, 5) is 14.3. The quantitative estimate of drug-likeness (QED) is 0.354. The molecule has 5 heterocycles. The Kier molecular flexibility index (Phi) is 6.74. The second kappa shape index (κ2) is 10.5. The van der Waals surface area contributed by atoms with Crippen molar-refractivity contribution in [2.24, 2.45) is 7.05 Å². The SMILES string of the molecule is C#CN1CCN(c2ccc3nc4n(c3c2)CCCCCCc2c(cnn2C)-c2cc(cc(C)n2)C(=C)N4)CC1. The van der Waals surface area contributed by atoms with Gasteiger partial charge in [0.25, 0.3) is 0 Å². The Balaban J connectivity index is 1.36. The average Bonchev–Trinajstić information content (AvgIpc) is 3.48. The number of fused-ring (bicyclic) bond motifs is 7. The van der Waals surface area contributed by atoms with Crippen LogP contribution in [0, 0.1) is 19.4 Å². The smallest absolute Gasteiger partial charge is 0.208 e. The van der Waals surface area contributed by atoms with E-state index in [2.05, 4.69) is 62.8 Å². The lowest BCUT2D eigenvalue weighted by Crippen LogP contribution is -2.44. The molecule has 0 saturated carbocycles. The van der Waals surface area contributed by atoms with Gasteiger partial charge in [-0.3, -0.25) is 9.67 Å². The highest BCUT2D eigenvalue weighted by Gasteiger charge is 2.19. The van der Waals surface area contributed by atoms with Crippen molar-refractivity contribution in [2.75, 3.05) is 36.4 Å². The van der Waals surface area contributed by atoms with Crippen LogP contribution in [0.5, 0.6) is 0 Å². The van der Waals surface area contributed by atoms with Crippen LogP contribution in [0.15, 0.2) is 43.1 Å². The van der Waals surface area contributed by atoms with E-state index in [0.717, 1.165) is 104 Å². The zero-order chi connectivity index (χ0) is 26.9. The molecule has 1 fully saturated rings. The maximum absolute atomic E-state index is 5.61. The Morgan fingerprint density at radius 1 is 0.974 bits per heavy atom. The normalized spacial score (nSPS) is 16.6. The molecule has 0 aliphatic carbocycles. The third kappa shape index (κ3) is 4.97. The summed E-state index contributed by atoms with van der Waals surface area (Å²) in [7, 11) is 2.03. The Morgan fingerprint density at radius 2 is 1.79 bits per heavy atom. The van der Waals surface area contributed by atoms with Gasteiger partial charge < -0.3 is 19.7 Å². The predicted octanol–water partition coefficient (Wildman–Crippen LogP) is 5.05. The lowest BCUT2D eigenvalue weighted by molar-refractivity contribution is 0.369. The summed E-state index contributed by atoms with van der Waals surface area (Å²) >= 11 is 0. The van der Waals surface area contributed by atoms with Gasteiger partial charge in [0.2, 0.25) is 5.95 Å². The molecule has 0 unspecified atom stereocenters. The largest absolute Gasteiger partial charge is 0.368 e. The summed E-state index contributed by atoms with van der Waals surface area (Å²) in [6, 6.07) is 13.6. The summed E-state index contributed by atoms with van der Waals surface area (Å²) < 4.78 is 4.32. The molecule has 0 radical (unpaired) electrons. The number of hydrogen-bond donors (Lipinski definition) is 1. The van der Waals surface area contributed by atoms with E-state index in [4.69, 9.17) is 16.4 Å². The summed E-state index contributed by atoms with van der Waals surface area (Å²) in [5, 5.41) is 8.12. The first kappa shape index (κ1) is 25.1. The van der Waals surface area contributed by atoms with Crippen LogP contribution in [-0.2, 0) is 20.0 Å². The number of benzene rings is 1. The molecule has 2 bridgehead atoms. The Hall–Kier alpha value is -4.25. The average molecular weight is 521 g/mol. The molecule has 2 aliphatic heterocycles. The van der Waals surface area contributed by atoms with E-state index in [9.17, 15) is 0 Å². The third-order valence-corrected chi connectivity index (χ3v) is 8.01. The molecular formula is C31H36N8. The van der Waals surface area contributed by atoms with Gasteiger partial charge in [0.05, 0.1) is 22.9 Å². The van der Waals surface area contributed by atoms with Crippen LogP contribution in [0.3, 0.4) is 0 Å². The van der Waals surface area contributed by atoms with Gasteiger partial charge in [-0.1, -0.05) is 25.8 Å². The molecule has 3 aromatic heterocycles. The van der Waals surface area contributed by atoms with E-state index in [0.29, 0.717) is 0 Å². The number of aryl methyl sites for hydroxylation is 3. The van der Waals surface area contributed by atoms with Crippen molar-refractivity contribution in [3.63, 3.8) is 0 Å². The van der Waals surface area contributed by atoms with Gasteiger partial charge in [0, 0.05) is 79.7 Å². The highest BCUT2D eigenvalue weighted by atomic mass is 15.3. The first-order chi connectivity index (χ1) is 19.0. The number of hydrogen-bond acceptors (Lipinski definition) is 6. The molecular weight excluding hydrogens is 484 g/mol. The summed E-state index contributed by atoms with van der Waals surface area (Å²) in [6.45, 7) is 11.0. The fraction of sp³-hybridized carbons (Fsp3) is 0.387. The van der Waals surface area contributed by atoms with E-state index in [-0.39, 0.29) is 0 Å². The molecule has 8 heteroatoms. The first-order valence-electron chi connectivity index (χ1n) is 13.9. The molecule has 8 nitrogen and oxygen atoms in total. The molecule has 0 amide bonds. The maximum atomic E-state index is 5.61. The van der Waals surface area contributed by atoms with Crippen LogP contribution in [0.1, 0.15) is 42.6 Å². The minimum absolute atomic E-state index is 0.809. The molecule has 1 saturated heterocycles. The van der Waals surface area contributed by atoms with Crippen molar-refractivity contribution >= 4 is 28.4 Å². The number of aromatic nitrogens is 5. The number of pyridine rings is 1. The molecule has 39 heavy (non-hydrogen) atoms. The fourth-order valence-corrected chi connectivity index (χ4v) is 5.80. The monoisotopic (exact) mass is 520 g/mol. The van der Waals surface area contributed by atoms with Gasteiger partial charge in [-0.05, 0) is 56.5 Å². The number of rotatable bonds is 1. The van der Waals surface area contributed by atoms with E-state index in [1.54, 1.807) is 0 Å². The lowest BCUT2D eigenvalue weighted by Gasteiger charge is -2.34. The van der Waals surface area contributed by atoms with Crippen LogP contribution in [0.2, 0.25) is 0 Å². The number of piperazine rings is 1. The Morgan fingerprint density at radius 3 is 2.62 bits per heavy atom. The highest BCUT2D eigenvalue weighted by molar-refractivity contribution is 5.85. The number of nitrogens with one attached hydrogen (secondary N) is 1.